The van der Waals surface area contributed by atoms with Crippen LogP contribution in [0, 0.1) is 12.7 Å². The van der Waals surface area contributed by atoms with Crippen LogP contribution in [0.4, 0.5) is 10.1 Å². The zero-order valence-corrected chi connectivity index (χ0v) is 17.8. The van der Waals surface area contributed by atoms with Gasteiger partial charge in [-0.05, 0) is 54.1 Å². The van der Waals surface area contributed by atoms with Crippen molar-refractivity contribution in [3.05, 3.63) is 75.1 Å². The van der Waals surface area contributed by atoms with E-state index in [9.17, 15) is 9.18 Å². The molecular weight excluding hydrogens is 397 g/mol. The van der Waals surface area contributed by atoms with Crippen LogP contribution in [0.15, 0.2) is 52.6 Å². The summed E-state index contributed by atoms with van der Waals surface area (Å²) in [5.74, 6) is -0.160. The normalized spacial score (nSPS) is 15.3. The van der Waals surface area contributed by atoms with Gasteiger partial charge in [0.15, 0.2) is 0 Å². The molecule has 2 aromatic carbocycles. The molecule has 0 unspecified atom stereocenters. The molecule has 2 aromatic heterocycles. The van der Waals surface area contributed by atoms with Crippen LogP contribution in [0.1, 0.15) is 11.1 Å². The number of halogens is 1. The largest absolute Gasteiger partial charge is 0.368 e. The Morgan fingerprint density at radius 2 is 1.87 bits per heavy atom. The van der Waals surface area contributed by atoms with Crippen LogP contribution in [-0.2, 0) is 6.42 Å². The van der Waals surface area contributed by atoms with Gasteiger partial charge in [-0.25, -0.2) is 4.39 Å². The molecule has 1 aliphatic rings. The van der Waals surface area contributed by atoms with Crippen molar-refractivity contribution in [2.75, 3.05) is 37.6 Å². The molecule has 3 heterocycles. The maximum absolute atomic E-state index is 14.0. The molecule has 30 heavy (non-hydrogen) atoms. The molecule has 0 bridgehead atoms. The van der Waals surface area contributed by atoms with Gasteiger partial charge in [0.05, 0.1) is 0 Å². The van der Waals surface area contributed by atoms with Crippen molar-refractivity contribution in [2.24, 2.45) is 0 Å². The lowest BCUT2D eigenvalue weighted by Gasteiger charge is -2.36. The highest BCUT2D eigenvalue weighted by Crippen LogP contribution is 2.32. The Morgan fingerprint density at radius 3 is 2.70 bits per heavy atom. The molecule has 1 N–H and O–H groups in total. The Labute approximate surface area is 178 Å². The van der Waals surface area contributed by atoms with Gasteiger partial charge in [-0.3, -0.25) is 9.69 Å². The fourth-order valence-electron chi connectivity index (χ4n) is 4.42. The minimum absolute atomic E-state index is 0.0506. The van der Waals surface area contributed by atoms with Gasteiger partial charge < -0.3 is 9.88 Å². The van der Waals surface area contributed by atoms with Crippen LogP contribution < -0.4 is 10.5 Å². The molecule has 1 saturated heterocycles. The summed E-state index contributed by atoms with van der Waals surface area (Å²) < 4.78 is 15.0. The van der Waals surface area contributed by atoms with Crippen molar-refractivity contribution in [3.8, 4) is 0 Å². The molecule has 6 heteroatoms. The Bertz CT molecular complexity index is 1270. The molecule has 5 rings (SSSR count). The number of nitrogens with one attached hydrogen (secondary N) is 1. The molecule has 154 valence electrons. The van der Waals surface area contributed by atoms with Crippen LogP contribution in [0.3, 0.4) is 0 Å². The molecule has 0 atom stereocenters. The average molecular weight is 422 g/mol. The van der Waals surface area contributed by atoms with Crippen molar-refractivity contribution in [3.63, 3.8) is 0 Å². The second kappa shape index (κ2) is 7.85. The number of thiophene rings is 1. The van der Waals surface area contributed by atoms with E-state index in [0.29, 0.717) is 0 Å². The maximum Gasteiger partial charge on any atom is 0.248 e. The van der Waals surface area contributed by atoms with Gasteiger partial charge in [0.2, 0.25) is 5.56 Å². The maximum atomic E-state index is 14.0. The number of aromatic nitrogens is 1. The number of rotatable bonds is 4. The molecule has 0 aliphatic carbocycles. The number of aromatic amines is 1. The first-order valence-electron chi connectivity index (χ1n) is 10.3. The van der Waals surface area contributed by atoms with Gasteiger partial charge in [-0.15, -0.1) is 11.3 Å². The predicted octanol–water partition coefficient (Wildman–Crippen LogP) is 4.56. The van der Waals surface area contributed by atoms with Gasteiger partial charge in [0, 0.05) is 65.5 Å². The minimum Gasteiger partial charge on any atom is -0.368 e. The predicted molar refractivity (Wildman–Crippen MR) is 123 cm³/mol. The third kappa shape index (κ3) is 3.73. The van der Waals surface area contributed by atoms with E-state index in [1.54, 1.807) is 29.5 Å². The minimum atomic E-state index is -0.160. The molecule has 0 radical (unpaired) electrons. The number of piperazine rings is 1. The number of hydrogen-bond acceptors (Lipinski definition) is 4. The molecule has 0 saturated carbocycles. The first-order valence-corrected chi connectivity index (χ1v) is 11.2. The third-order valence-electron chi connectivity index (χ3n) is 6.06. The Morgan fingerprint density at radius 1 is 1.03 bits per heavy atom. The number of nitrogens with zero attached hydrogens (tertiary/aromatic N) is 2. The van der Waals surface area contributed by atoms with E-state index in [4.69, 9.17) is 0 Å². The van der Waals surface area contributed by atoms with Gasteiger partial charge in [0.25, 0.3) is 0 Å². The first-order chi connectivity index (χ1) is 14.6. The fourth-order valence-corrected chi connectivity index (χ4v) is 5.25. The van der Waals surface area contributed by atoms with E-state index < -0.39 is 0 Å². The van der Waals surface area contributed by atoms with Crippen molar-refractivity contribution in [1.29, 1.82) is 0 Å². The number of H-pyrrole nitrogens is 1. The van der Waals surface area contributed by atoms with Gasteiger partial charge in [-0.1, -0.05) is 12.1 Å². The number of anilines is 1. The third-order valence-corrected chi connectivity index (χ3v) is 6.92. The quantitative estimate of drug-likeness (QED) is 0.525. The lowest BCUT2D eigenvalue weighted by atomic mass is 10.1. The summed E-state index contributed by atoms with van der Waals surface area (Å²) in [6.45, 7) is 6.68. The van der Waals surface area contributed by atoms with Gasteiger partial charge in [-0.2, -0.15) is 0 Å². The van der Waals surface area contributed by atoms with Gasteiger partial charge in [0.1, 0.15) is 5.82 Å². The average Bonchev–Trinajstić information content (AvgIpc) is 3.20. The van der Waals surface area contributed by atoms with Crippen molar-refractivity contribution < 1.29 is 4.39 Å². The van der Waals surface area contributed by atoms with Crippen LogP contribution in [0.5, 0.6) is 0 Å². The fraction of sp³-hybridized carbons (Fsp3) is 0.292. The highest BCUT2D eigenvalue weighted by Gasteiger charge is 2.19. The highest BCUT2D eigenvalue weighted by molar-refractivity contribution is 7.17. The van der Waals surface area contributed by atoms with E-state index in [1.807, 2.05) is 12.3 Å². The zero-order valence-electron chi connectivity index (χ0n) is 17.0. The number of aryl methyl sites for hydroxylation is 1. The number of benzene rings is 2. The summed E-state index contributed by atoms with van der Waals surface area (Å²) in [6.07, 6.45) is 0.945. The number of fused-ring (bicyclic) bond motifs is 2. The van der Waals surface area contributed by atoms with E-state index in [-0.39, 0.29) is 11.4 Å². The summed E-state index contributed by atoms with van der Waals surface area (Å²) in [4.78, 5) is 19.5. The van der Waals surface area contributed by atoms with Crippen molar-refractivity contribution in [2.45, 2.75) is 13.3 Å². The van der Waals surface area contributed by atoms with E-state index in [2.05, 4.69) is 39.0 Å². The molecular formula is C24H24FN3OS. The second-order valence-electron chi connectivity index (χ2n) is 8.03. The van der Waals surface area contributed by atoms with E-state index >= 15 is 0 Å². The van der Waals surface area contributed by atoms with Crippen molar-refractivity contribution in [1.82, 2.24) is 9.88 Å². The molecule has 0 spiro atoms. The van der Waals surface area contributed by atoms with Crippen LogP contribution in [-0.4, -0.2) is 42.6 Å². The molecule has 1 fully saturated rings. The molecule has 0 amide bonds. The zero-order chi connectivity index (χ0) is 20.7. The smallest absolute Gasteiger partial charge is 0.248 e. The molecule has 4 nitrogen and oxygen atoms in total. The topological polar surface area (TPSA) is 39.3 Å². The summed E-state index contributed by atoms with van der Waals surface area (Å²) in [6, 6.07) is 13.4. The summed E-state index contributed by atoms with van der Waals surface area (Å²) in [5, 5.41) is 4.28. The Balaban J connectivity index is 1.24. The monoisotopic (exact) mass is 421 g/mol. The number of pyridine rings is 1. The van der Waals surface area contributed by atoms with E-state index in [0.717, 1.165) is 71.4 Å². The number of hydrogen-bond donors (Lipinski definition) is 1. The lowest BCUT2D eigenvalue weighted by Crippen LogP contribution is -2.47. The summed E-state index contributed by atoms with van der Waals surface area (Å²) in [5.41, 5.74) is 4.11. The van der Waals surface area contributed by atoms with Crippen molar-refractivity contribution >= 4 is 38.0 Å². The Hall–Kier alpha value is -2.70. The lowest BCUT2D eigenvalue weighted by molar-refractivity contribution is 0.261. The second-order valence-corrected chi connectivity index (χ2v) is 8.98. The van der Waals surface area contributed by atoms with Gasteiger partial charge >= 0.3 is 0 Å². The summed E-state index contributed by atoms with van der Waals surface area (Å²) >= 11 is 1.59. The van der Waals surface area contributed by atoms with Crippen LogP contribution in [0.2, 0.25) is 0 Å². The first kappa shape index (κ1) is 19.3. The highest BCUT2D eigenvalue weighted by atomic mass is 32.1. The molecule has 1 aliphatic heterocycles. The molecule has 4 aromatic rings. The van der Waals surface area contributed by atoms with E-state index in [1.165, 1.54) is 5.56 Å². The Kier molecular flexibility index (Phi) is 5.05. The van der Waals surface area contributed by atoms with Crippen LogP contribution in [0.25, 0.3) is 21.0 Å². The van der Waals surface area contributed by atoms with Crippen LogP contribution >= 0.6 is 11.3 Å². The SMILES string of the molecule is Cc1cc(=O)[nH]c2cc(CCN3CCN(c4cc(F)cc5sccc45)CC3)ccc12. The standard InChI is InChI=1S/C24H24FN3OS/c1-16-12-24(29)26-21-13-17(2-3-19(16)21)4-6-27-7-9-28(10-8-27)22-14-18(25)15-23-20(22)5-11-30-23/h2-3,5,11-15H,4,6-10H2,1H3,(H,26,29). The summed E-state index contributed by atoms with van der Waals surface area (Å²) in [7, 11) is 0.